The van der Waals surface area contributed by atoms with E-state index >= 15 is 0 Å². The second-order valence-corrected chi connectivity index (χ2v) is 8.09. The summed E-state index contributed by atoms with van der Waals surface area (Å²) in [7, 11) is 0. The lowest BCUT2D eigenvalue weighted by Gasteiger charge is -2.27. The Bertz CT molecular complexity index is 534. The number of carbonyl (C=O) groups is 3. The van der Waals surface area contributed by atoms with Gasteiger partial charge in [-0.15, -0.1) is 0 Å². The largest absolute Gasteiger partial charge is 0.460 e. The summed E-state index contributed by atoms with van der Waals surface area (Å²) >= 11 is 0. The van der Waals surface area contributed by atoms with Crippen LogP contribution >= 0.6 is 0 Å². The molecule has 0 aromatic carbocycles. The zero-order valence-corrected chi connectivity index (χ0v) is 16.9. The molecule has 1 fully saturated rings. The Labute approximate surface area is 161 Å². The van der Waals surface area contributed by atoms with Crippen LogP contribution in [0.15, 0.2) is 5.10 Å². The molecule has 0 unspecified atom stereocenters. The van der Waals surface area contributed by atoms with Crippen molar-refractivity contribution in [3.05, 3.63) is 0 Å². The number of rotatable bonds is 8. The van der Waals surface area contributed by atoms with Crippen molar-refractivity contribution in [2.45, 2.75) is 77.9 Å². The van der Waals surface area contributed by atoms with Crippen LogP contribution in [-0.2, 0) is 14.3 Å². The highest BCUT2D eigenvalue weighted by atomic mass is 16.6. The van der Waals surface area contributed by atoms with Crippen molar-refractivity contribution < 1.29 is 19.1 Å². The standard InChI is InChI=1S/C19H34N4O4/c1-5-16(24)14-8-6-13(7-9-14)11-21-18(26)23-22-12-15(20)10-17(25)27-19(2,3)4/h12-15H,5-11,20H2,1-4H3,(H2,21,23,26)/b22-12+/t13?,14?,15-/m0/s1. The number of ketones is 1. The van der Waals surface area contributed by atoms with Gasteiger partial charge in [-0.2, -0.15) is 5.10 Å². The van der Waals surface area contributed by atoms with Gasteiger partial charge in [-0.05, 0) is 52.4 Å². The molecule has 1 atom stereocenters. The third-order valence-corrected chi connectivity index (χ3v) is 4.46. The third-order valence-electron chi connectivity index (χ3n) is 4.46. The minimum absolute atomic E-state index is 0.0101. The highest BCUT2D eigenvalue weighted by Crippen LogP contribution is 2.29. The van der Waals surface area contributed by atoms with Gasteiger partial charge in [0.25, 0.3) is 0 Å². The van der Waals surface area contributed by atoms with E-state index in [-0.39, 0.29) is 12.3 Å². The first-order chi connectivity index (χ1) is 12.6. The number of hydrazone groups is 1. The summed E-state index contributed by atoms with van der Waals surface area (Å²) < 4.78 is 5.17. The predicted octanol–water partition coefficient (Wildman–Crippen LogP) is 2.12. The Morgan fingerprint density at radius 2 is 1.85 bits per heavy atom. The number of hydrogen-bond acceptors (Lipinski definition) is 6. The van der Waals surface area contributed by atoms with Crippen molar-refractivity contribution in [2.75, 3.05) is 6.54 Å². The minimum Gasteiger partial charge on any atom is -0.460 e. The molecule has 1 saturated carbocycles. The number of hydrogen-bond donors (Lipinski definition) is 3. The van der Waals surface area contributed by atoms with Crippen molar-refractivity contribution in [3.63, 3.8) is 0 Å². The van der Waals surface area contributed by atoms with Gasteiger partial charge in [0.1, 0.15) is 11.4 Å². The monoisotopic (exact) mass is 382 g/mol. The highest BCUT2D eigenvalue weighted by Gasteiger charge is 2.25. The van der Waals surface area contributed by atoms with E-state index in [1.165, 1.54) is 6.21 Å². The molecule has 27 heavy (non-hydrogen) atoms. The van der Waals surface area contributed by atoms with Crippen LogP contribution in [0.3, 0.4) is 0 Å². The Kier molecular flexibility index (Phi) is 9.41. The molecule has 154 valence electrons. The number of nitrogens with two attached hydrogens (primary N) is 1. The summed E-state index contributed by atoms with van der Waals surface area (Å²) in [5, 5.41) is 6.54. The maximum atomic E-state index is 11.8. The van der Waals surface area contributed by atoms with Gasteiger partial charge in [-0.25, -0.2) is 10.2 Å². The summed E-state index contributed by atoms with van der Waals surface area (Å²) in [6.07, 6.45) is 5.59. The van der Waals surface area contributed by atoms with Crippen molar-refractivity contribution in [1.29, 1.82) is 0 Å². The van der Waals surface area contributed by atoms with Crippen LogP contribution in [0.2, 0.25) is 0 Å². The van der Waals surface area contributed by atoms with E-state index in [1.54, 1.807) is 20.8 Å². The maximum absolute atomic E-state index is 11.8. The molecular weight excluding hydrogens is 348 g/mol. The second kappa shape index (κ2) is 11.0. The summed E-state index contributed by atoms with van der Waals surface area (Å²) in [5.74, 6) is 0.505. The van der Waals surface area contributed by atoms with Crippen LogP contribution in [0.25, 0.3) is 0 Å². The van der Waals surface area contributed by atoms with Gasteiger partial charge in [-0.3, -0.25) is 9.59 Å². The molecule has 0 radical (unpaired) electrons. The van der Waals surface area contributed by atoms with Crippen LogP contribution in [0.4, 0.5) is 4.79 Å². The smallest absolute Gasteiger partial charge is 0.335 e. The average Bonchev–Trinajstić information content (AvgIpc) is 2.58. The predicted molar refractivity (Wildman–Crippen MR) is 104 cm³/mol. The van der Waals surface area contributed by atoms with Crippen LogP contribution in [0.5, 0.6) is 0 Å². The molecular formula is C19H34N4O4. The van der Waals surface area contributed by atoms with Gasteiger partial charge in [0.15, 0.2) is 0 Å². The van der Waals surface area contributed by atoms with Crippen molar-refractivity contribution >= 4 is 24.0 Å². The topological polar surface area (TPSA) is 123 Å². The van der Waals surface area contributed by atoms with Gasteiger partial charge in [0.2, 0.25) is 0 Å². The summed E-state index contributed by atoms with van der Waals surface area (Å²) in [4.78, 5) is 35.1. The molecule has 1 aliphatic carbocycles. The molecule has 0 bridgehead atoms. The molecule has 0 aliphatic heterocycles. The Balaban J connectivity index is 2.21. The van der Waals surface area contributed by atoms with Crippen molar-refractivity contribution in [2.24, 2.45) is 22.7 Å². The fourth-order valence-electron chi connectivity index (χ4n) is 3.07. The van der Waals surface area contributed by atoms with E-state index in [0.717, 1.165) is 25.7 Å². The molecule has 4 N–H and O–H groups in total. The number of urea groups is 1. The summed E-state index contributed by atoms with van der Waals surface area (Å²) in [6.45, 7) is 7.80. The fourth-order valence-corrected chi connectivity index (χ4v) is 3.07. The van der Waals surface area contributed by atoms with E-state index in [4.69, 9.17) is 10.5 Å². The fraction of sp³-hybridized carbons (Fsp3) is 0.789. The van der Waals surface area contributed by atoms with Crippen LogP contribution in [-0.4, -0.2) is 42.2 Å². The van der Waals surface area contributed by atoms with Gasteiger partial charge in [-0.1, -0.05) is 6.92 Å². The van der Waals surface area contributed by atoms with Crippen LogP contribution in [0.1, 0.15) is 66.2 Å². The molecule has 0 saturated heterocycles. The lowest BCUT2D eigenvalue weighted by atomic mass is 9.79. The number of carbonyl (C=O) groups excluding carboxylic acids is 3. The molecule has 2 amide bonds. The van der Waals surface area contributed by atoms with Gasteiger partial charge in [0.05, 0.1) is 12.5 Å². The molecule has 1 rings (SSSR count). The molecule has 1 aliphatic rings. The number of esters is 1. The molecule has 0 heterocycles. The number of amides is 2. The Morgan fingerprint density at radius 3 is 2.41 bits per heavy atom. The number of nitrogens with one attached hydrogen (secondary N) is 2. The number of ether oxygens (including phenoxy) is 1. The lowest BCUT2D eigenvalue weighted by molar-refractivity contribution is -0.154. The lowest BCUT2D eigenvalue weighted by Crippen LogP contribution is -2.38. The van der Waals surface area contributed by atoms with Crippen molar-refractivity contribution in [1.82, 2.24) is 10.7 Å². The molecule has 8 heteroatoms. The second-order valence-electron chi connectivity index (χ2n) is 8.09. The molecule has 0 aromatic heterocycles. The van der Waals surface area contributed by atoms with E-state index in [0.29, 0.717) is 24.7 Å². The zero-order chi connectivity index (χ0) is 20.4. The zero-order valence-electron chi connectivity index (χ0n) is 16.9. The molecule has 8 nitrogen and oxygen atoms in total. The number of nitrogens with zero attached hydrogens (tertiary/aromatic N) is 1. The summed E-state index contributed by atoms with van der Waals surface area (Å²) in [6, 6.07) is -1.05. The Morgan fingerprint density at radius 1 is 1.22 bits per heavy atom. The van der Waals surface area contributed by atoms with E-state index in [1.807, 2.05) is 6.92 Å². The van der Waals surface area contributed by atoms with Crippen LogP contribution in [0, 0.1) is 11.8 Å². The molecule has 0 spiro atoms. The first-order valence-corrected chi connectivity index (χ1v) is 9.68. The van der Waals surface area contributed by atoms with Crippen LogP contribution < -0.4 is 16.5 Å². The first kappa shape index (κ1) is 23.1. The average molecular weight is 383 g/mol. The molecule has 0 aromatic rings. The van der Waals surface area contributed by atoms with E-state index in [2.05, 4.69) is 15.8 Å². The third kappa shape index (κ3) is 10.1. The maximum Gasteiger partial charge on any atom is 0.335 e. The van der Waals surface area contributed by atoms with Gasteiger partial charge >= 0.3 is 12.0 Å². The van der Waals surface area contributed by atoms with Crippen molar-refractivity contribution in [3.8, 4) is 0 Å². The number of Topliss-reactive ketones (excluding diaryl/α,β-unsaturated/α-hetero) is 1. The normalized spacial score (nSPS) is 21.5. The van der Waals surface area contributed by atoms with E-state index < -0.39 is 23.6 Å². The highest BCUT2D eigenvalue weighted by molar-refractivity contribution is 5.80. The quantitative estimate of drug-likeness (QED) is 0.337. The van der Waals surface area contributed by atoms with Gasteiger partial charge < -0.3 is 15.8 Å². The Hall–Kier alpha value is -1.96. The SMILES string of the molecule is CCC(=O)C1CCC(CNC(=O)N/N=C/[C@@H](N)CC(=O)OC(C)(C)C)CC1. The minimum atomic E-state index is -0.633. The van der Waals surface area contributed by atoms with Gasteiger partial charge in [0, 0.05) is 25.1 Å². The van der Waals surface area contributed by atoms with E-state index in [9.17, 15) is 14.4 Å². The first-order valence-electron chi connectivity index (χ1n) is 9.68. The summed E-state index contributed by atoms with van der Waals surface area (Å²) in [5.41, 5.74) is 7.55.